The van der Waals surface area contributed by atoms with Crippen LogP contribution in [0.25, 0.3) is 0 Å². The van der Waals surface area contributed by atoms with Crippen LogP contribution in [0.1, 0.15) is 77.2 Å². The molecule has 4 N–H and O–H groups in total. The van der Waals surface area contributed by atoms with E-state index in [1.54, 1.807) is 0 Å². The number of benzene rings is 1. The highest BCUT2D eigenvalue weighted by Crippen LogP contribution is 2.21. The number of pyridine rings is 1. The summed E-state index contributed by atoms with van der Waals surface area (Å²) >= 11 is 0. The number of ether oxygens (including phenoxy) is 1. The van der Waals surface area contributed by atoms with Gasteiger partial charge in [0.25, 0.3) is 27.7 Å². The average molecular weight is 561 g/mol. The Hall–Kier alpha value is -4.00. The summed E-state index contributed by atoms with van der Waals surface area (Å²) in [7, 11) is -4.30. The number of carboxylic acid groups (broad SMARTS) is 1. The van der Waals surface area contributed by atoms with Crippen LogP contribution in [-0.2, 0) is 14.8 Å². The predicted molar refractivity (Wildman–Crippen MR) is 140 cm³/mol. The first-order chi connectivity index (χ1) is 18.5. The summed E-state index contributed by atoms with van der Waals surface area (Å²) in [6, 6.07) is 6.48. The van der Waals surface area contributed by atoms with Gasteiger partial charge >= 0.3 is 5.97 Å². The molecule has 1 fully saturated rings. The predicted octanol–water partition coefficient (Wildman–Crippen LogP) is 2.11. The number of carboxylic acids is 1. The van der Waals surface area contributed by atoms with Gasteiger partial charge in [-0.05, 0) is 49.1 Å². The fourth-order valence-corrected chi connectivity index (χ4v) is 4.86. The Morgan fingerprint density at radius 1 is 1.00 bits per heavy atom. The lowest BCUT2D eigenvalue weighted by Gasteiger charge is -2.22. The maximum atomic E-state index is 12.8. The van der Waals surface area contributed by atoms with Gasteiger partial charge in [-0.2, -0.15) is 0 Å². The zero-order valence-electron chi connectivity index (χ0n) is 21.7. The van der Waals surface area contributed by atoms with Crippen molar-refractivity contribution in [2.45, 2.75) is 56.9 Å². The molecule has 0 radical (unpaired) electrons. The van der Waals surface area contributed by atoms with Gasteiger partial charge in [0.1, 0.15) is 6.54 Å². The highest BCUT2D eigenvalue weighted by molar-refractivity contribution is 7.90. The Balaban J connectivity index is 1.73. The Kier molecular flexibility index (Phi) is 9.99. The zero-order chi connectivity index (χ0) is 28.6. The third-order valence-electron chi connectivity index (χ3n) is 5.90. The zero-order valence-corrected chi connectivity index (χ0v) is 22.5. The standard InChI is InChI=1S/C26H32N4O8S/c1-16(2)15-38-21-12-18(13-27-23(21)26(35)28-14-22(31)32)25(34)30-39(36,37)20-10-8-17(9-11-20)24(33)29-19-6-4-3-5-7-19/h8-13,16,19H,3-7,14-15H2,1-2H3,(H,28,35)(H,29,33)(H,30,34)(H,31,32). The molecule has 0 spiro atoms. The molecule has 1 aliphatic carbocycles. The second-order valence-electron chi connectivity index (χ2n) is 9.62. The second kappa shape index (κ2) is 13.2. The van der Waals surface area contributed by atoms with Crippen LogP contribution in [-0.4, -0.2) is 61.4 Å². The maximum Gasteiger partial charge on any atom is 0.322 e. The van der Waals surface area contributed by atoms with Gasteiger partial charge in [-0.3, -0.25) is 19.2 Å². The van der Waals surface area contributed by atoms with E-state index in [0.29, 0.717) is 5.56 Å². The number of rotatable bonds is 11. The van der Waals surface area contributed by atoms with Gasteiger partial charge in [-0.15, -0.1) is 0 Å². The summed E-state index contributed by atoms with van der Waals surface area (Å²) in [5.74, 6) is -3.46. The first-order valence-electron chi connectivity index (χ1n) is 12.6. The van der Waals surface area contributed by atoms with Crippen LogP contribution in [0, 0.1) is 5.92 Å². The molecule has 1 aliphatic rings. The first kappa shape index (κ1) is 29.6. The quantitative estimate of drug-likeness (QED) is 0.320. The molecular formula is C26H32N4O8S. The van der Waals surface area contributed by atoms with Gasteiger partial charge in [0.2, 0.25) is 0 Å². The van der Waals surface area contributed by atoms with E-state index < -0.39 is 34.4 Å². The molecule has 3 amide bonds. The first-order valence-corrected chi connectivity index (χ1v) is 14.1. The van der Waals surface area contributed by atoms with Crippen molar-refractivity contribution in [2.24, 2.45) is 5.92 Å². The molecule has 1 saturated carbocycles. The number of carbonyl (C=O) groups is 4. The molecule has 12 nitrogen and oxygen atoms in total. The third-order valence-corrected chi connectivity index (χ3v) is 7.24. The van der Waals surface area contributed by atoms with Crippen molar-refractivity contribution >= 4 is 33.7 Å². The van der Waals surface area contributed by atoms with Gasteiger partial charge in [0.05, 0.1) is 17.1 Å². The lowest BCUT2D eigenvalue weighted by atomic mass is 9.95. The van der Waals surface area contributed by atoms with Gasteiger partial charge in [0.15, 0.2) is 11.4 Å². The average Bonchev–Trinajstić information content (AvgIpc) is 2.90. The Bertz CT molecular complexity index is 1320. The van der Waals surface area contributed by atoms with E-state index in [2.05, 4.69) is 15.6 Å². The van der Waals surface area contributed by atoms with Crippen molar-refractivity contribution in [3.63, 3.8) is 0 Å². The molecule has 1 heterocycles. The molecule has 0 atom stereocenters. The number of aromatic nitrogens is 1. The van der Waals surface area contributed by atoms with E-state index in [4.69, 9.17) is 9.84 Å². The number of nitrogens with zero attached hydrogens (tertiary/aromatic N) is 1. The van der Waals surface area contributed by atoms with Crippen LogP contribution < -0.4 is 20.1 Å². The minimum Gasteiger partial charge on any atom is -0.491 e. The molecular weight excluding hydrogens is 528 g/mol. The van der Waals surface area contributed by atoms with Crippen molar-refractivity contribution < 1.29 is 37.4 Å². The fraction of sp³-hybridized carbons (Fsp3) is 0.423. The van der Waals surface area contributed by atoms with Crippen LogP contribution in [0.15, 0.2) is 41.4 Å². The maximum absolute atomic E-state index is 12.8. The molecule has 2 aromatic rings. The molecule has 0 saturated heterocycles. The van der Waals surface area contributed by atoms with E-state index >= 15 is 0 Å². The summed E-state index contributed by atoms with van der Waals surface area (Å²) in [5.41, 5.74) is -0.146. The molecule has 1 aromatic heterocycles. The normalized spacial score (nSPS) is 13.9. The van der Waals surface area contributed by atoms with Gasteiger partial charge in [0, 0.05) is 17.8 Å². The van der Waals surface area contributed by atoms with Crippen LogP contribution in [0.3, 0.4) is 0 Å². The van der Waals surface area contributed by atoms with Crippen LogP contribution in [0.2, 0.25) is 0 Å². The van der Waals surface area contributed by atoms with Crippen molar-refractivity contribution in [1.29, 1.82) is 0 Å². The third kappa shape index (κ3) is 8.50. The van der Waals surface area contributed by atoms with E-state index in [9.17, 15) is 27.6 Å². The van der Waals surface area contributed by atoms with E-state index in [1.165, 1.54) is 24.3 Å². The van der Waals surface area contributed by atoms with Gasteiger partial charge in [-0.25, -0.2) is 18.1 Å². The van der Waals surface area contributed by atoms with Crippen molar-refractivity contribution in [1.82, 2.24) is 20.3 Å². The monoisotopic (exact) mass is 560 g/mol. The molecule has 210 valence electrons. The lowest BCUT2D eigenvalue weighted by Crippen LogP contribution is -2.36. The van der Waals surface area contributed by atoms with Crippen molar-refractivity contribution in [2.75, 3.05) is 13.2 Å². The number of carbonyl (C=O) groups excluding carboxylic acids is 3. The smallest absolute Gasteiger partial charge is 0.322 e. The molecule has 3 rings (SSSR count). The van der Waals surface area contributed by atoms with Gasteiger partial charge < -0.3 is 20.5 Å². The molecule has 39 heavy (non-hydrogen) atoms. The van der Waals surface area contributed by atoms with E-state index in [-0.39, 0.29) is 46.4 Å². The fourth-order valence-electron chi connectivity index (χ4n) is 3.89. The summed E-state index contributed by atoms with van der Waals surface area (Å²) < 4.78 is 33.2. The van der Waals surface area contributed by atoms with E-state index in [1.807, 2.05) is 18.6 Å². The summed E-state index contributed by atoms with van der Waals surface area (Å²) in [6.45, 7) is 3.22. The summed E-state index contributed by atoms with van der Waals surface area (Å²) in [6.07, 6.45) is 6.09. The molecule has 0 aliphatic heterocycles. The molecule has 0 bridgehead atoms. The van der Waals surface area contributed by atoms with Gasteiger partial charge in [-0.1, -0.05) is 33.1 Å². The second-order valence-corrected chi connectivity index (χ2v) is 11.3. The number of hydrogen-bond acceptors (Lipinski definition) is 8. The minimum atomic E-state index is -4.30. The Labute approximate surface area is 226 Å². The largest absolute Gasteiger partial charge is 0.491 e. The SMILES string of the molecule is CC(C)COc1cc(C(=O)NS(=O)(=O)c2ccc(C(=O)NC3CCCCC3)cc2)cnc1C(=O)NCC(=O)O. The van der Waals surface area contributed by atoms with Crippen LogP contribution in [0.5, 0.6) is 5.75 Å². The summed E-state index contributed by atoms with van der Waals surface area (Å²) in [5, 5.41) is 13.9. The minimum absolute atomic E-state index is 0.0468. The number of sulfonamides is 1. The molecule has 0 unspecified atom stereocenters. The molecule has 13 heteroatoms. The highest BCUT2D eigenvalue weighted by Gasteiger charge is 2.23. The Morgan fingerprint density at radius 2 is 1.67 bits per heavy atom. The number of nitrogens with one attached hydrogen (secondary N) is 3. The lowest BCUT2D eigenvalue weighted by molar-refractivity contribution is -0.135. The van der Waals surface area contributed by atoms with Crippen molar-refractivity contribution in [3.05, 3.63) is 53.3 Å². The van der Waals surface area contributed by atoms with E-state index in [0.717, 1.165) is 44.4 Å². The number of aliphatic carboxylic acids is 1. The highest BCUT2D eigenvalue weighted by atomic mass is 32.2. The van der Waals surface area contributed by atoms with Crippen LogP contribution in [0.4, 0.5) is 0 Å². The summed E-state index contributed by atoms with van der Waals surface area (Å²) in [4.78, 5) is 52.1. The Morgan fingerprint density at radius 3 is 2.28 bits per heavy atom. The van der Waals surface area contributed by atoms with Crippen LogP contribution >= 0.6 is 0 Å². The molecule has 1 aromatic carbocycles. The number of hydrogen-bond donors (Lipinski definition) is 4. The van der Waals surface area contributed by atoms with Crippen molar-refractivity contribution in [3.8, 4) is 5.75 Å². The topological polar surface area (TPSA) is 181 Å². The number of amides is 3.